The van der Waals surface area contributed by atoms with Crippen molar-refractivity contribution in [3.63, 3.8) is 0 Å². The Morgan fingerprint density at radius 3 is 2.71 bits per heavy atom. The van der Waals surface area contributed by atoms with Gasteiger partial charge in [0.05, 0.1) is 16.9 Å². The van der Waals surface area contributed by atoms with E-state index < -0.39 is 0 Å². The Morgan fingerprint density at radius 1 is 1.36 bits per heavy atom. The Bertz CT molecular complexity index is 440. The van der Waals surface area contributed by atoms with Gasteiger partial charge in [-0.2, -0.15) is 5.10 Å². The first-order chi connectivity index (χ1) is 6.65. The molecule has 2 aromatic rings. The first-order valence-corrected chi connectivity index (χ1v) is 4.74. The van der Waals surface area contributed by atoms with Crippen molar-refractivity contribution < 1.29 is 0 Å². The van der Waals surface area contributed by atoms with Crippen molar-refractivity contribution in [2.24, 2.45) is 0 Å². The molecule has 0 atom stereocenters. The predicted octanol–water partition coefficient (Wildman–Crippen LogP) is 2.94. The van der Waals surface area contributed by atoms with Crippen molar-refractivity contribution in [3.8, 4) is 5.69 Å². The Labute approximate surface area is 88.1 Å². The maximum atomic E-state index is 5.79. The molecule has 1 heterocycles. The lowest BCUT2D eigenvalue weighted by Gasteiger charge is -2.03. The summed E-state index contributed by atoms with van der Waals surface area (Å²) in [5, 5.41) is 4.76. The molecular weight excluding hydrogens is 196 g/mol. The molecular formula is C11H10ClN2. The normalized spacial score (nSPS) is 10.5. The summed E-state index contributed by atoms with van der Waals surface area (Å²) >= 11 is 5.79. The first kappa shape index (κ1) is 9.28. The molecule has 0 spiro atoms. The summed E-state index contributed by atoms with van der Waals surface area (Å²) in [5.74, 6) is 0. The minimum Gasteiger partial charge on any atom is -0.239 e. The van der Waals surface area contributed by atoms with Gasteiger partial charge in [0.2, 0.25) is 0 Å². The average molecular weight is 206 g/mol. The fraction of sp³-hybridized carbons (Fsp3) is 0.182. The number of aryl methyl sites for hydroxylation is 2. The van der Waals surface area contributed by atoms with Gasteiger partial charge in [-0.1, -0.05) is 17.7 Å². The van der Waals surface area contributed by atoms with Gasteiger partial charge in [0.25, 0.3) is 0 Å². The van der Waals surface area contributed by atoms with Crippen LogP contribution in [0.1, 0.15) is 11.1 Å². The molecule has 0 aliphatic heterocycles. The lowest BCUT2D eigenvalue weighted by Crippen LogP contribution is -1.95. The predicted molar refractivity (Wildman–Crippen MR) is 56.9 cm³/mol. The molecule has 0 unspecified atom stereocenters. The number of rotatable bonds is 1. The smallest absolute Gasteiger partial charge is 0.0790 e. The molecule has 1 aromatic carbocycles. The highest BCUT2D eigenvalue weighted by molar-refractivity contribution is 6.30. The molecule has 71 valence electrons. The number of benzene rings is 1. The molecule has 0 saturated heterocycles. The van der Waals surface area contributed by atoms with Crippen LogP contribution in [0, 0.1) is 19.9 Å². The van der Waals surface area contributed by atoms with Gasteiger partial charge in [0, 0.05) is 12.3 Å². The minimum atomic E-state index is 0.637. The van der Waals surface area contributed by atoms with Crippen LogP contribution in [-0.2, 0) is 0 Å². The third-order valence-electron chi connectivity index (χ3n) is 1.93. The summed E-state index contributed by atoms with van der Waals surface area (Å²) in [7, 11) is 0. The van der Waals surface area contributed by atoms with Crippen LogP contribution in [-0.4, -0.2) is 9.78 Å². The zero-order chi connectivity index (χ0) is 10.1. The maximum absolute atomic E-state index is 5.79. The van der Waals surface area contributed by atoms with Crippen molar-refractivity contribution in [2.45, 2.75) is 13.8 Å². The largest absolute Gasteiger partial charge is 0.239 e. The number of hydrogen-bond donors (Lipinski definition) is 0. The first-order valence-electron chi connectivity index (χ1n) is 4.36. The summed E-state index contributed by atoms with van der Waals surface area (Å²) in [6.45, 7) is 4.07. The molecule has 0 fully saturated rings. The van der Waals surface area contributed by atoms with Gasteiger partial charge < -0.3 is 0 Å². The zero-order valence-corrected chi connectivity index (χ0v) is 8.84. The Hall–Kier alpha value is -1.28. The van der Waals surface area contributed by atoms with E-state index in [-0.39, 0.29) is 0 Å². The van der Waals surface area contributed by atoms with E-state index in [4.69, 9.17) is 11.6 Å². The third kappa shape index (κ3) is 1.80. The van der Waals surface area contributed by atoms with Gasteiger partial charge in [-0.05, 0) is 31.0 Å². The summed E-state index contributed by atoms with van der Waals surface area (Å²) in [6.07, 6.45) is 3.39. The second kappa shape index (κ2) is 3.46. The molecule has 14 heavy (non-hydrogen) atoms. The van der Waals surface area contributed by atoms with E-state index in [1.165, 1.54) is 5.56 Å². The van der Waals surface area contributed by atoms with Crippen molar-refractivity contribution in [1.82, 2.24) is 9.78 Å². The van der Waals surface area contributed by atoms with E-state index in [0.29, 0.717) is 5.02 Å². The molecule has 3 heteroatoms. The van der Waals surface area contributed by atoms with E-state index in [1.807, 2.05) is 13.0 Å². The average Bonchev–Trinajstić information content (AvgIpc) is 2.50. The van der Waals surface area contributed by atoms with E-state index in [1.54, 1.807) is 17.1 Å². The molecule has 0 bridgehead atoms. The van der Waals surface area contributed by atoms with Crippen LogP contribution in [0.2, 0.25) is 5.02 Å². The number of aromatic nitrogens is 2. The molecule has 2 nitrogen and oxygen atoms in total. The van der Waals surface area contributed by atoms with Crippen LogP contribution >= 0.6 is 11.6 Å². The Kier molecular flexibility index (Phi) is 2.30. The van der Waals surface area contributed by atoms with Crippen LogP contribution in [0.5, 0.6) is 0 Å². The molecule has 0 N–H and O–H groups in total. The third-order valence-corrected chi connectivity index (χ3v) is 2.13. The lowest BCUT2D eigenvalue weighted by molar-refractivity contribution is 0.876. The van der Waals surface area contributed by atoms with Gasteiger partial charge in [-0.25, -0.2) is 4.68 Å². The lowest BCUT2D eigenvalue weighted by atomic mass is 10.1. The van der Waals surface area contributed by atoms with Gasteiger partial charge in [0.15, 0.2) is 0 Å². The maximum Gasteiger partial charge on any atom is 0.0790 e. The fourth-order valence-corrected chi connectivity index (χ4v) is 1.57. The Morgan fingerprint density at radius 2 is 2.14 bits per heavy atom. The van der Waals surface area contributed by atoms with Crippen LogP contribution in [0.15, 0.2) is 24.5 Å². The topological polar surface area (TPSA) is 17.8 Å². The van der Waals surface area contributed by atoms with Crippen LogP contribution < -0.4 is 0 Å². The van der Waals surface area contributed by atoms with Crippen molar-refractivity contribution in [2.75, 3.05) is 0 Å². The van der Waals surface area contributed by atoms with Gasteiger partial charge in [-0.3, -0.25) is 0 Å². The van der Waals surface area contributed by atoms with Gasteiger partial charge in [-0.15, -0.1) is 0 Å². The summed E-state index contributed by atoms with van der Waals surface area (Å²) < 4.78 is 1.72. The number of nitrogens with zero attached hydrogens (tertiary/aromatic N) is 2. The van der Waals surface area contributed by atoms with Crippen molar-refractivity contribution in [3.05, 3.63) is 46.7 Å². The van der Waals surface area contributed by atoms with E-state index in [9.17, 15) is 0 Å². The van der Waals surface area contributed by atoms with Crippen LogP contribution in [0.4, 0.5) is 0 Å². The van der Waals surface area contributed by atoms with Crippen molar-refractivity contribution in [1.29, 1.82) is 0 Å². The standard InChI is InChI=1S/C11H10ClN2/c1-8-3-9(2)5-11(4-8)14-7-10(12)6-13-14/h3-4,6-7H,1-2H3. The quantitative estimate of drug-likeness (QED) is 0.700. The second-order valence-electron chi connectivity index (χ2n) is 3.33. The number of hydrogen-bond acceptors (Lipinski definition) is 1. The fourth-order valence-electron chi connectivity index (χ4n) is 1.43. The monoisotopic (exact) mass is 205 g/mol. The molecule has 0 amide bonds. The van der Waals surface area contributed by atoms with Crippen LogP contribution in [0.25, 0.3) is 5.69 Å². The zero-order valence-electron chi connectivity index (χ0n) is 8.08. The van der Waals surface area contributed by atoms with E-state index in [2.05, 4.69) is 24.2 Å². The van der Waals surface area contributed by atoms with Gasteiger partial charge in [0.1, 0.15) is 0 Å². The van der Waals surface area contributed by atoms with E-state index >= 15 is 0 Å². The molecule has 1 radical (unpaired) electrons. The minimum absolute atomic E-state index is 0.637. The van der Waals surface area contributed by atoms with Crippen molar-refractivity contribution >= 4 is 11.6 Å². The van der Waals surface area contributed by atoms with Crippen LogP contribution in [0.3, 0.4) is 0 Å². The Balaban J connectivity index is 2.51. The summed E-state index contributed by atoms with van der Waals surface area (Å²) in [5.41, 5.74) is 3.23. The molecule has 2 rings (SSSR count). The second-order valence-corrected chi connectivity index (χ2v) is 3.77. The molecule has 1 aromatic heterocycles. The number of halogens is 1. The molecule has 0 aliphatic carbocycles. The highest BCUT2D eigenvalue weighted by Gasteiger charge is 2.00. The summed E-state index contributed by atoms with van der Waals surface area (Å²) in [4.78, 5) is 0. The highest BCUT2D eigenvalue weighted by atomic mass is 35.5. The summed E-state index contributed by atoms with van der Waals surface area (Å²) in [6, 6.07) is 7.32. The highest BCUT2D eigenvalue weighted by Crippen LogP contribution is 2.14. The van der Waals surface area contributed by atoms with Gasteiger partial charge >= 0.3 is 0 Å². The van der Waals surface area contributed by atoms with E-state index in [0.717, 1.165) is 11.3 Å². The SMILES string of the molecule is Cc1[c]c(-n2cc(Cl)cn2)cc(C)c1. The molecule has 0 saturated carbocycles. The molecule has 0 aliphatic rings.